The van der Waals surface area contributed by atoms with Gasteiger partial charge in [-0.3, -0.25) is 0 Å². The van der Waals surface area contributed by atoms with Gasteiger partial charge in [0.2, 0.25) is 10.0 Å². The first-order chi connectivity index (χ1) is 9.82. The quantitative estimate of drug-likeness (QED) is 0.860. The van der Waals surface area contributed by atoms with Crippen LogP contribution >= 0.6 is 15.9 Å². The maximum absolute atomic E-state index is 12.5. The first-order valence-corrected chi connectivity index (χ1v) is 8.51. The molecule has 2 aromatic rings. The van der Waals surface area contributed by atoms with E-state index < -0.39 is 10.0 Å². The monoisotopic (exact) mass is 373 g/mol. The molecule has 0 unspecified atom stereocenters. The zero-order valence-corrected chi connectivity index (χ0v) is 14.3. The first kappa shape index (κ1) is 16.1. The molecule has 2 rings (SSSR count). The molecule has 114 valence electrons. The van der Waals surface area contributed by atoms with E-state index in [1.165, 1.54) is 4.31 Å². The fourth-order valence-corrected chi connectivity index (χ4v) is 3.49. The average molecular weight is 374 g/mol. The lowest BCUT2D eigenvalue weighted by Crippen LogP contribution is -2.30. The van der Waals surface area contributed by atoms with Crippen molar-refractivity contribution < 1.29 is 8.42 Å². The van der Waals surface area contributed by atoms with Crippen molar-refractivity contribution in [3.05, 3.63) is 34.1 Å². The number of tetrazole rings is 1. The van der Waals surface area contributed by atoms with E-state index in [0.29, 0.717) is 5.82 Å². The molecule has 0 saturated heterocycles. The fourth-order valence-electron chi connectivity index (χ4n) is 1.90. The molecule has 21 heavy (non-hydrogen) atoms. The minimum atomic E-state index is -3.54. The summed E-state index contributed by atoms with van der Waals surface area (Å²) in [5.74, 6) is 0.337. The lowest BCUT2D eigenvalue weighted by molar-refractivity contribution is 0.439. The maximum Gasteiger partial charge on any atom is 0.242 e. The highest BCUT2D eigenvalue weighted by Crippen LogP contribution is 2.23. The van der Waals surface area contributed by atoms with Crippen LogP contribution in [0.25, 0.3) is 0 Å². The number of hydrogen-bond acceptors (Lipinski definition) is 5. The Balaban J connectivity index is 2.20. The van der Waals surface area contributed by atoms with Crippen LogP contribution in [0.5, 0.6) is 0 Å². The molecule has 1 aromatic heterocycles. The molecule has 0 aliphatic carbocycles. The molecule has 0 radical (unpaired) electrons. The normalized spacial score (nSPS) is 13.6. The van der Waals surface area contributed by atoms with Gasteiger partial charge < -0.3 is 0 Å². The molecule has 0 bridgehead atoms. The lowest BCUT2D eigenvalue weighted by Gasteiger charge is -2.20. The summed E-state index contributed by atoms with van der Waals surface area (Å²) in [4.78, 5) is 0.269. The zero-order valence-electron chi connectivity index (χ0n) is 11.9. The van der Waals surface area contributed by atoms with Crippen LogP contribution in [-0.4, -0.2) is 46.9 Å². The van der Waals surface area contributed by atoms with Gasteiger partial charge in [-0.05, 0) is 30.7 Å². The topological polar surface area (TPSA) is 91.8 Å². The van der Waals surface area contributed by atoms with E-state index in [9.17, 15) is 8.42 Å². The Labute approximate surface area is 131 Å². The van der Waals surface area contributed by atoms with Crippen molar-refractivity contribution in [3.8, 4) is 0 Å². The van der Waals surface area contributed by atoms with Crippen molar-refractivity contribution in [3.63, 3.8) is 0 Å². The van der Waals surface area contributed by atoms with Crippen LogP contribution in [0.15, 0.2) is 27.6 Å². The number of H-pyrrole nitrogens is 1. The van der Waals surface area contributed by atoms with Crippen LogP contribution in [0.1, 0.15) is 24.2 Å². The summed E-state index contributed by atoms with van der Waals surface area (Å²) in [5, 5.41) is 13.6. The van der Waals surface area contributed by atoms with Crippen molar-refractivity contribution in [2.75, 3.05) is 13.6 Å². The molecular weight excluding hydrogens is 358 g/mol. The minimum absolute atomic E-state index is 0.153. The van der Waals surface area contributed by atoms with Gasteiger partial charge in [0.25, 0.3) is 0 Å². The van der Waals surface area contributed by atoms with Crippen molar-refractivity contribution in [2.45, 2.75) is 24.7 Å². The summed E-state index contributed by atoms with van der Waals surface area (Å²) in [6.45, 7) is 3.98. The van der Waals surface area contributed by atoms with Crippen LogP contribution in [0.2, 0.25) is 0 Å². The molecular formula is C12H16BrN5O2S. The number of aryl methyl sites for hydroxylation is 1. The maximum atomic E-state index is 12.5. The second-order valence-electron chi connectivity index (χ2n) is 4.87. The standard InChI is InChI=1S/C12H16BrN5O2S/c1-8-6-10(4-5-11(8)13)21(19,20)18(3)7-9(2)12-14-16-17-15-12/h4-6,9H,7H2,1-3H3,(H,14,15,16,17)/t9-/m1/s1. The van der Waals surface area contributed by atoms with Gasteiger partial charge in [0, 0.05) is 24.0 Å². The van der Waals surface area contributed by atoms with Gasteiger partial charge in [0.15, 0.2) is 5.82 Å². The van der Waals surface area contributed by atoms with Crippen LogP contribution < -0.4 is 0 Å². The molecule has 1 atom stereocenters. The summed E-state index contributed by atoms with van der Waals surface area (Å²) in [6, 6.07) is 4.97. The van der Waals surface area contributed by atoms with Gasteiger partial charge in [0.1, 0.15) is 0 Å². The molecule has 1 N–H and O–H groups in total. The molecule has 7 nitrogen and oxygen atoms in total. The van der Waals surface area contributed by atoms with E-state index in [4.69, 9.17) is 0 Å². The Kier molecular flexibility index (Phi) is 4.74. The Morgan fingerprint density at radius 2 is 2.14 bits per heavy atom. The molecule has 0 fully saturated rings. The van der Waals surface area contributed by atoms with Gasteiger partial charge in [-0.2, -0.15) is 5.21 Å². The van der Waals surface area contributed by atoms with Crippen molar-refractivity contribution in [2.24, 2.45) is 0 Å². The van der Waals surface area contributed by atoms with Crippen LogP contribution in [0, 0.1) is 6.92 Å². The lowest BCUT2D eigenvalue weighted by atomic mass is 10.2. The van der Waals surface area contributed by atoms with Crippen molar-refractivity contribution in [1.29, 1.82) is 0 Å². The Hall–Kier alpha value is -1.32. The number of nitrogens with one attached hydrogen (secondary N) is 1. The van der Waals surface area contributed by atoms with E-state index in [2.05, 4.69) is 36.6 Å². The number of sulfonamides is 1. The molecule has 0 aliphatic rings. The summed E-state index contributed by atoms with van der Waals surface area (Å²) < 4.78 is 27.3. The number of benzene rings is 1. The SMILES string of the molecule is Cc1cc(S(=O)(=O)N(C)C[C@@H](C)c2nn[nH]n2)ccc1Br. The summed E-state index contributed by atoms with van der Waals surface area (Å²) in [5.41, 5.74) is 0.871. The fraction of sp³-hybridized carbons (Fsp3) is 0.417. The average Bonchev–Trinajstić information content (AvgIpc) is 2.95. The molecule has 0 aliphatic heterocycles. The molecule has 1 aromatic carbocycles. The largest absolute Gasteiger partial charge is 0.242 e. The Morgan fingerprint density at radius 1 is 1.43 bits per heavy atom. The number of aromatic nitrogens is 4. The zero-order chi connectivity index (χ0) is 15.6. The van der Waals surface area contributed by atoms with Crippen LogP contribution in [0.3, 0.4) is 0 Å². The van der Waals surface area contributed by atoms with E-state index in [-0.39, 0.29) is 17.4 Å². The predicted molar refractivity (Wildman–Crippen MR) is 81.3 cm³/mol. The number of halogens is 1. The number of hydrogen-bond donors (Lipinski definition) is 1. The Morgan fingerprint density at radius 3 is 2.71 bits per heavy atom. The highest BCUT2D eigenvalue weighted by molar-refractivity contribution is 9.10. The highest BCUT2D eigenvalue weighted by atomic mass is 79.9. The van der Waals surface area contributed by atoms with Crippen molar-refractivity contribution >= 4 is 26.0 Å². The molecule has 9 heteroatoms. The summed E-state index contributed by atoms with van der Waals surface area (Å²) in [7, 11) is -1.99. The highest BCUT2D eigenvalue weighted by Gasteiger charge is 2.24. The van der Waals surface area contributed by atoms with Gasteiger partial charge in [0.05, 0.1) is 4.90 Å². The summed E-state index contributed by atoms with van der Waals surface area (Å²) in [6.07, 6.45) is 0. The number of likely N-dealkylation sites (N-methyl/N-ethyl adjacent to an activating group) is 1. The predicted octanol–water partition coefficient (Wildman–Crippen LogP) is 1.69. The van der Waals surface area contributed by atoms with Gasteiger partial charge in [-0.25, -0.2) is 12.7 Å². The van der Waals surface area contributed by atoms with E-state index in [1.54, 1.807) is 25.2 Å². The third kappa shape index (κ3) is 3.47. The number of aromatic amines is 1. The molecule has 0 spiro atoms. The van der Waals surface area contributed by atoms with Gasteiger partial charge >= 0.3 is 0 Å². The number of nitrogens with zero attached hydrogens (tertiary/aromatic N) is 4. The van der Waals surface area contributed by atoms with E-state index in [0.717, 1.165) is 10.0 Å². The second kappa shape index (κ2) is 6.20. The molecule has 0 saturated carbocycles. The third-order valence-electron chi connectivity index (χ3n) is 3.17. The van der Waals surface area contributed by atoms with Crippen molar-refractivity contribution in [1.82, 2.24) is 24.9 Å². The van der Waals surface area contributed by atoms with E-state index >= 15 is 0 Å². The number of rotatable bonds is 5. The van der Waals surface area contributed by atoms with Gasteiger partial charge in [-0.1, -0.05) is 28.1 Å². The van der Waals surface area contributed by atoms with Crippen LogP contribution in [-0.2, 0) is 10.0 Å². The van der Waals surface area contributed by atoms with E-state index in [1.807, 2.05) is 13.8 Å². The molecule has 1 heterocycles. The first-order valence-electron chi connectivity index (χ1n) is 6.28. The third-order valence-corrected chi connectivity index (χ3v) is 5.88. The minimum Gasteiger partial charge on any atom is -0.207 e. The Bertz CT molecular complexity index is 717. The summed E-state index contributed by atoms with van der Waals surface area (Å²) >= 11 is 3.36. The van der Waals surface area contributed by atoms with Gasteiger partial charge in [-0.15, -0.1) is 10.2 Å². The molecule has 0 amide bonds. The second-order valence-corrected chi connectivity index (χ2v) is 7.77. The van der Waals surface area contributed by atoms with Crippen LogP contribution in [0.4, 0.5) is 0 Å². The smallest absolute Gasteiger partial charge is 0.207 e.